The van der Waals surface area contributed by atoms with E-state index in [-0.39, 0.29) is 30.9 Å². The summed E-state index contributed by atoms with van der Waals surface area (Å²) in [5.74, 6) is -0.0793. The molecule has 0 fully saturated rings. The van der Waals surface area contributed by atoms with Crippen LogP contribution in [0, 0.1) is 17.0 Å². The van der Waals surface area contributed by atoms with Crippen molar-refractivity contribution >= 4 is 11.7 Å². The van der Waals surface area contributed by atoms with Gasteiger partial charge in [0.25, 0.3) is 0 Å². The van der Waals surface area contributed by atoms with E-state index in [1.165, 1.54) is 10.8 Å². The monoisotopic (exact) mass is 270 g/mol. The molecular weight excluding hydrogens is 252 g/mol. The summed E-state index contributed by atoms with van der Waals surface area (Å²) in [7, 11) is 0. The summed E-state index contributed by atoms with van der Waals surface area (Å²) in [4.78, 5) is 25.4. The number of aryl methyl sites for hydroxylation is 1. The Bertz CT molecular complexity index is 458. The molecule has 2 N–H and O–H groups in total. The molecule has 0 aliphatic rings. The summed E-state index contributed by atoms with van der Waals surface area (Å²) in [6, 6.07) is -0.0431. The Labute approximate surface area is 110 Å². The van der Waals surface area contributed by atoms with Gasteiger partial charge in [0, 0.05) is 19.6 Å². The van der Waals surface area contributed by atoms with Gasteiger partial charge in [0.2, 0.25) is 11.7 Å². The number of nitrogens with one attached hydrogen (secondary N) is 1. The smallest absolute Gasteiger partial charge is 0.381 e. The Kier molecular flexibility index (Phi) is 5.43. The molecule has 106 valence electrons. The van der Waals surface area contributed by atoms with Crippen LogP contribution in [0.5, 0.6) is 0 Å². The molecule has 19 heavy (non-hydrogen) atoms. The molecular formula is C11H18N4O4. The number of imidazole rings is 1. The molecule has 1 aromatic rings. The molecule has 0 aliphatic carbocycles. The Hall–Kier alpha value is -1.96. The van der Waals surface area contributed by atoms with Gasteiger partial charge in [-0.2, -0.15) is 0 Å². The number of amides is 1. The fourth-order valence-electron chi connectivity index (χ4n) is 1.68. The van der Waals surface area contributed by atoms with Gasteiger partial charge in [0.05, 0.1) is 0 Å². The second kappa shape index (κ2) is 6.83. The van der Waals surface area contributed by atoms with Gasteiger partial charge in [-0.3, -0.25) is 9.36 Å². The largest absolute Gasteiger partial charge is 0.396 e. The zero-order valence-corrected chi connectivity index (χ0v) is 11.0. The summed E-state index contributed by atoms with van der Waals surface area (Å²) in [6.45, 7) is 3.54. The van der Waals surface area contributed by atoms with E-state index in [4.69, 9.17) is 5.11 Å². The van der Waals surface area contributed by atoms with Crippen LogP contribution in [0.4, 0.5) is 5.82 Å². The molecule has 0 radical (unpaired) electrons. The third-order valence-electron chi connectivity index (χ3n) is 2.67. The predicted octanol–water partition coefficient (Wildman–Crippen LogP) is 0.377. The predicted molar refractivity (Wildman–Crippen MR) is 67.5 cm³/mol. The maximum Gasteiger partial charge on any atom is 0.381 e. The van der Waals surface area contributed by atoms with Crippen LogP contribution in [0.2, 0.25) is 0 Å². The lowest BCUT2D eigenvalue weighted by molar-refractivity contribution is -0.389. The van der Waals surface area contributed by atoms with E-state index in [2.05, 4.69) is 10.3 Å². The molecule has 1 aromatic heterocycles. The van der Waals surface area contributed by atoms with Crippen LogP contribution in [0.15, 0.2) is 6.20 Å². The number of nitrogens with zero attached hydrogens (tertiary/aromatic N) is 3. The fourth-order valence-corrected chi connectivity index (χ4v) is 1.68. The van der Waals surface area contributed by atoms with Crippen molar-refractivity contribution in [2.45, 2.75) is 39.3 Å². The number of hydrogen-bond acceptors (Lipinski definition) is 5. The molecule has 0 saturated heterocycles. The van der Waals surface area contributed by atoms with Crippen LogP contribution >= 0.6 is 0 Å². The Morgan fingerprint density at radius 2 is 2.37 bits per heavy atom. The topological polar surface area (TPSA) is 110 Å². The normalized spacial score (nSPS) is 12.2. The Balaban J connectivity index is 2.54. The van der Waals surface area contributed by atoms with Gasteiger partial charge in [-0.1, -0.05) is 0 Å². The number of hydrogen-bond donors (Lipinski definition) is 2. The van der Waals surface area contributed by atoms with Gasteiger partial charge in [-0.15, -0.1) is 0 Å². The van der Waals surface area contributed by atoms with Crippen molar-refractivity contribution in [3.8, 4) is 0 Å². The van der Waals surface area contributed by atoms with Crippen molar-refractivity contribution < 1.29 is 14.8 Å². The van der Waals surface area contributed by atoms with Crippen LogP contribution in [0.3, 0.4) is 0 Å². The molecule has 0 aromatic carbocycles. The van der Waals surface area contributed by atoms with Crippen LogP contribution < -0.4 is 5.32 Å². The van der Waals surface area contributed by atoms with Crippen molar-refractivity contribution in [3.63, 3.8) is 0 Å². The minimum atomic E-state index is -0.592. The number of rotatable bonds is 7. The van der Waals surface area contributed by atoms with Gasteiger partial charge in [0.1, 0.15) is 12.7 Å². The SMILES string of the molecule is Cc1nc([N+](=O)[O-])cn1CC(=O)NC(C)CCCO. The van der Waals surface area contributed by atoms with E-state index < -0.39 is 4.92 Å². The first kappa shape index (κ1) is 15.1. The Morgan fingerprint density at radius 1 is 1.68 bits per heavy atom. The maximum absolute atomic E-state index is 11.7. The van der Waals surface area contributed by atoms with Crippen LogP contribution in [-0.4, -0.2) is 38.1 Å². The quantitative estimate of drug-likeness (QED) is 0.549. The number of aliphatic hydroxyl groups excluding tert-OH is 1. The van der Waals surface area contributed by atoms with Crippen molar-refractivity contribution in [2.75, 3.05) is 6.61 Å². The molecule has 1 rings (SSSR count). The van der Waals surface area contributed by atoms with Gasteiger partial charge >= 0.3 is 5.82 Å². The summed E-state index contributed by atoms with van der Waals surface area (Å²) >= 11 is 0. The highest BCUT2D eigenvalue weighted by Gasteiger charge is 2.17. The highest BCUT2D eigenvalue weighted by molar-refractivity contribution is 5.76. The molecule has 0 spiro atoms. The molecule has 1 amide bonds. The Morgan fingerprint density at radius 3 is 2.89 bits per heavy atom. The van der Waals surface area contributed by atoms with E-state index in [1.54, 1.807) is 6.92 Å². The average molecular weight is 270 g/mol. The highest BCUT2D eigenvalue weighted by atomic mass is 16.6. The van der Waals surface area contributed by atoms with Crippen molar-refractivity contribution in [1.82, 2.24) is 14.9 Å². The van der Waals surface area contributed by atoms with Gasteiger partial charge < -0.3 is 20.5 Å². The first-order chi connectivity index (χ1) is 8.93. The van der Waals surface area contributed by atoms with Crippen molar-refractivity contribution in [3.05, 3.63) is 22.1 Å². The maximum atomic E-state index is 11.7. The molecule has 0 saturated carbocycles. The molecule has 1 heterocycles. The molecule has 1 atom stereocenters. The fraction of sp³-hybridized carbons (Fsp3) is 0.636. The number of aromatic nitrogens is 2. The highest BCUT2D eigenvalue weighted by Crippen LogP contribution is 2.10. The second-order valence-electron chi connectivity index (χ2n) is 4.37. The second-order valence-corrected chi connectivity index (χ2v) is 4.37. The van der Waals surface area contributed by atoms with Gasteiger partial charge in [0.15, 0.2) is 0 Å². The van der Waals surface area contributed by atoms with Crippen LogP contribution in [0.25, 0.3) is 0 Å². The molecule has 8 heteroatoms. The molecule has 0 bridgehead atoms. The van der Waals surface area contributed by atoms with E-state index in [1.807, 2.05) is 6.92 Å². The van der Waals surface area contributed by atoms with E-state index in [0.29, 0.717) is 18.7 Å². The number of nitro groups is 1. The molecule has 1 unspecified atom stereocenters. The van der Waals surface area contributed by atoms with E-state index in [0.717, 1.165) is 0 Å². The minimum absolute atomic E-state index is 0.00383. The third-order valence-corrected chi connectivity index (χ3v) is 2.67. The number of aliphatic hydroxyl groups is 1. The average Bonchev–Trinajstić information content (AvgIpc) is 2.68. The lowest BCUT2D eigenvalue weighted by atomic mass is 10.2. The van der Waals surface area contributed by atoms with E-state index >= 15 is 0 Å². The first-order valence-electron chi connectivity index (χ1n) is 6.02. The number of carbonyl (C=O) groups is 1. The lowest BCUT2D eigenvalue weighted by Crippen LogP contribution is -2.35. The summed E-state index contributed by atoms with van der Waals surface area (Å²) in [5, 5.41) is 22.0. The van der Waals surface area contributed by atoms with Gasteiger partial charge in [-0.05, 0) is 29.7 Å². The summed E-state index contributed by atoms with van der Waals surface area (Å²) in [5.41, 5.74) is 0. The van der Waals surface area contributed by atoms with Crippen molar-refractivity contribution in [2.24, 2.45) is 0 Å². The minimum Gasteiger partial charge on any atom is -0.396 e. The lowest BCUT2D eigenvalue weighted by Gasteiger charge is -2.13. The molecule has 8 nitrogen and oxygen atoms in total. The zero-order chi connectivity index (χ0) is 14.4. The van der Waals surface area contributed by atoms with Crippen LogP contribution in [0.1, 0.15) is 25.6 Å². The third kappa shape index (κ3) is 4.66. The van der Waals surface area contributed by atoms with Crippen molar-refractivity contribution in [1.29, 1.82) is 0 Å². The van der Waals surface area contributed by atoms with Gasteiger partial charge in [-0.25, -0.2) is 0 Å². The number of carbonyl (C=O) groups excluding carboxylic acids is 1. The summed E-state index contributed by atoms with van der Waals surface area (Å²) < 4.78 is 1.44. The van der Waals surface area contributed by atoms with E-state index in [9.17, 15) is 14.9 Å². The standard InChI is InChI=1S/C11H18N4O4/c1-8(4-3-5-16)12-11(17)7-14-6-10(15(18)19)13-9(14)2/h6,8,16H,3-5,7H2,1-2H3,(H,12,17). The summed E-state index contributed by atoms with van der Waals surface area (Å²) in [6.07, 6.45) is 2.55. The van der Waals surface area contributed by atoms with Crippen LogP contribution in [-0.2, 0) is 11.3 Å². The zero-order valence-electron chi connectivity index (χ0n) is 11.0. The first-order valence-corrected chi connectivity index (χ1v) is 6.02. The molecule has 0 aliphatic heterocycles.